The smallest absolute Gasteiger partial charge is 0.265 e. The minimum Gasteiger partial charge on any atom is -0.398 e. The summed E-state index contributed by atoms with van der Waals surface area (Å²) in [4.78, 5) is 11.2. The van der Waals surface area contributed by atoms with Crippen LogP contribution in [-0.4, -0.2) is 4.57 Å². The van der Waals surface area contributed by atoms with Crippen molar-refractivity contribution in [3.05, 3.63) is 27.1 Å². The zero-order valence-corrected chi connectivity index (χ0v) is 7.71. The molecule has 0 unspecified atom stereocenters. The van der Waals surface area contributed by atoms with Crippen LogP contribution in [0.2, 0.25) is 0 Å². The van der Waals surface area contributed by atoms with Gasteiger partial charge in [0.25, 0.3) is 5.56 Å². The predicted octanol–water partition coefficient (Wildman–Crippen LogP) is 0.717. The van der Waals surface area contributed by atoms with Crippen molar-refractivity contribution >= 4 is 21.6 Å². The first kappa shape index (κ1) is 8.81. The van der Waals surface area contributed by atoms with Gasteiger partial charge in [0.15, 0.2) is 0 Å². The van der Waals surface area contributed by atoms with E-state index in [4.69, 9.17) is 11.0 Å². The van der Waals surface area contributed by atoms with Crippen LogP contribution in [0.1, 0.15) is 0 Å². The number of hydrogen-bond donors (Lipinski definition) is 1. The second-order valence-corrected chi connectivity index (χ2v) is 3.07. The fourth-order valence-corrected chi connectivity index (χ4v) is 1.31. The van der Waals surface area contributed by atoms with Gasteiger partial charge in [-0.3, -0.25) is 9.36 Å². The van der Waals surface area contributed by atoms with E-state index in [9.17, 15) is 4.79 Å². The first-order valence-corrected chi connectivity index (χ1v) is 3.97. The van der Waals surface area contributed by atoms with Gasteiger partial charge >= 0.3 is 0 Å². The molecule has 1 aromatic rings. The van der Waals surface area contributed by atoms with Gasteiger partial charge in [-0.1, -0.05) is 0 Å². The Morgan fingerprint density at radius 2 is 2.42 bits per heavy atom. The van der Waals surface area contributed by atoms with Gasteiger partial charge in [0.1, 0.15) is 6.54 Å². The SMILES string of the molecule is N#CCn1cc(N)cc(Br)c1=O. The summed E-state index contributed by atoms with van der Waals surface area (Å²) < 4.78 is 1.62. The Bertz CT molecular complexity index is 391. The van der Waals surface area contributed by atoms with Gasteiger partial charge < -0.3 is 5.73 Å². The van der Waals surface area contributed by atoms with Gasteiger partial charge in [0.2, 0.25) is 0 Å². The van der Waals surface area contributed by atoms with Crippen LogP contribution in [0.25, 0.3) is 0 Å². The third-order valence-corrected chi connectivity index (χ3v) is 1.87. The van der Waals surface area contributed by atoms with Gasteiger partial charge in [-0.05, 0) is 22.0 Å². The van der Waals surface area contributed by atoms with Gasteiger partial charge in [0.05, 0.1) is 10.5 Å². The van der Waals surface area contributed by atoms with Crippen molar-refractivity contribution in [2.45, 2.75) is 6.54 Å². The van der Waals surface area contributed by atoms with E-state index in [1.165, 1.54) is 16.8 Å². The van der Waals surface area contributed by atoms with Crippen molar-refractivity contribution in [3.63, 3.8) is 0 Å². The first-order valence-electron chi connectivity index (χ1n) is 3.17. The molecule has 0 bridgehead atoms. The lowest BCUT2D eigenvalue weighted by Gasteiger charge is -2.01. The molecule has 0 radical (unpaired) electrons. The third-order valence-electron chi connectivity index (χ3n) is 1.30. The highest BCUT2D eigenvalue weighted by molar-refractivity contribution is 9.10. The largest absolute Gasteiger partial charge is 0.398 e. The van der Waals surface area contributed by atoms with E-state index in [1.807, 2.05) is 6.07 Å². The predicted molar refractivity (Wildman–Crippen MR) is 48.4 cm³/mol. The highest BCUT2D eigenvalue weighted by atomic mass is 79.9. The van der Waals surface area contributed by atoms with E-state index in [0.29, 0.717) is 10.2 Å². The average Bonchev–Trinajstić information content (AvgIpc) is 2.00. The van der Waals surface area contributed by atoms with Crippen LogP contribution >= 0.6 is 15.9 Å². The number of hydrogen-bond acceptors (Lipinski definition) is 3. The minimum atomic E-state index is -0.245. The molecule has 0 aromatic carbocycles. The second-order valence-electron chi connectivity index (χ2n) is 2.21. The van der Waals surface area contributed by atoms with Crippen LogP contribution in [0.5, 0.6) is 0 Å². The van der Waals surface area contributed by atoms with Gasteiger partial charge in [-0.25, -0.2) is 0 Å². The molecule has 1 heterocycles. The maximum Gasteiger partial charge on any atom is 0.265 e. The number of nitrogens with zero attached hydrogens (tertiary/aromatic N) is 2. The Balaban J connectivity index is 3.30. The molecule has 0 fully saturated rings. The monoisotopic (exact) mass is 227 g/mol. The number of nitrogen functional groups attached to an aromatic ring is 1. The van der Waals surface area contributed by atoms with E-state index in [-0.39, 0.29) is 12.1 Å². The number of halogens is 1. The zero-order valence-electron chi connectivity index (χ0n) is 6.12. The lowest BCUT2D eigenvalue weighted by molar-refractivity contribution is 0.785. The molecule has 0 aliphatic rings. The second kappa shape index (κ2) is 3.41. The molecule has 0 aliphatic heterocycles. The summed E-state index contributed by atoms with van der Waals surface area (Å²) in [7, 11) is 0. The van der Waals surface area contributed by atoms with Crippen LogP contribution in [0.3, 0.4) is 0 Å². The Kier molecular flexibility index (Phi) is 2.51. The molecule has 12 heavy (non-hydrogen) atoms. The maximum atomic E-state index is 11.2. The molecule has 0 spiro atoms. The van der Waals surface area contributed by atoms with Crippen molar-refractivity contribution in [1.29, 1.82) is 5.26 Å². The van der Waals surface area contributed by atoms with Crippen molar-refractivity contribution in [1.82, 2.24) is 4.57 Å². The lowest BCUT2D eigenvalue weighted by atomic mass is 10.4. The molecular weight excluding hydrogens is 222 g/mol. The molecule has 0 aliphatic carbocycles. The maximum absolute atomic E-state index is 11.2. The van der Waals surface area contributed by atoms with E-state index in [0.717, 1.165) is 0 Å². The fraction of sp³-hybridized carbons (Fsp3) is 0.143. The molecule has 62 valence electrons. The Morgan fingerprint density at radius 3 is 3.00 bits per heavy atom. The molecular formula is C7H6BrN3O. The molecule has 0 saturated heterocycles. The zero-order chi connectivity index (χ0) is 9.14. The average molecular weight is 228 g/mol. The summed E-state index contributed by atoms with van der Waals surface area (Å²) in [6.07, 6.45) is 1.44. The fourth-order valence-electron chi connectivity index (χ4n) is 0.815. The molecule has 1 rings (SSSR count). The Labute approximate surface area is 77.4 Å². The summed E-state index contributed by atoms with van der Waals surface area (Å²) >= 11 is 3.04. The van der Waals surface area contributed by atoms with Crippen LogP contribution in [-0.2, 0) is 6.54 Å². The summed E-state index contributed by atoms with van der Waals surface area (Å²) in [5.41, 5.74) is 5.67. The Morgan fingerprint density at radius 1 is 1.75 bits per heavy atom. The molecule has 5 heteroatoms. The number of anilines is 1. The van der Waals surface area contributed by atoms with Crippen molar-refractivity contribution in [3.8, 4) is 6.07 Å². The summed E-state index contributed by atoms with van der Waals surface area (Å²) in [6, 6.07) is 3.38. The quantitative estimate of drug-likeness (QED) is 0.769. The van der Waals surface area contributed by atoms with E-state index in [2.05, 4.69) is 15.9 Å². The topological polar surface area (TPSA) is 71.8 Å². The van der Waals surface area contributed by atoms with Crippen LogP contribution in [0.15, 0.2) is 21.5 Å². The molecule has 2 N–H and O–H groups in total. The number of pyridine rings is 1. The van der Waals surface area contributed by atoms with Crippen LogP contribution in [0.4, 0.5) is 5.69 Å². The van der Waals surface area contributed by atoms with Gasteiger partial charge in [0, 0.05) is 11.9 Å². The van der Waals surface area contributed by atoms with Crippen molar-refractivity contribution in [2.24, 2.45) is 0 Å². The highest BCUT2D eigenvalue weighted by Gasteiger charge is 2.00. The normalized spacial score (nSPS) is 9.33. The molecule has 1 aromatic heterocycles. The van der Waals surface area contributed by atoms with E-state index >= 15 is 0 Å². The molecule has 4 nitrogen and oxygen atoms in total. The van der Waals surface area contributed by atoms with E-state index in [1.54, 1.807) is 0 Å². The number of aromatic nitrogens is 1. The summed E-state index contributed by atoms with van der Waals surface area (Å²) in [6.45, 7) is 0.0163. The van der Waals surface area contributed by atoms with Crippen LogP contribution < -0.4 is 11.3 Å². The first-order chi connectivity index (χ1) is 5.65. The molecule has 0 atom stereocenters. The lowest BCUT2D eigenvalue weighted by Crippen LogP contribution is -2.20. The number of nitrogens with two attached hydrogens (primary N) is 1. The van der Waals surface area contributed by atoms with Gasteiger partial charge in [-0.2, -0.15) is 5.26 Å². The number of rotatable bonds is 1. The Hall–Kier alpha value is -1.28. The van der Waals surface area contributed by atoms with E-state index < -0.39 is 0 Å². The highest BCUT2D eigenvalue weighted by Crippen LogP contribution is 2.07. The number of nitriles is 1. The molecule has 0 amide bonds. The molecule has 0 saturated carbocycles. The minimum absolute atomic E-state index is 0.0163. The third kappa shape index (κ3) is 1.66. The standard InChI is InChI=1S/C7H6BrN3O/c8-6-3-5(10)4-11(2-1-9)7(6)12/h3-4H,2,10H2. The summed E-state index contributed by atoms with van der Waals surface area (Å²) in [5, 5.41) is 8.36. The van der Waals surface area contributed by atoms with Crippen LogP contribution in [0, 0.1) is 11.3 Å². The van der Waals surface area contributed by atoms with Crippen molar-refractivity contribution in [2.75, 3.05) is 5.73 Å². The van der Waals surface area contributed by atoms with Crippen molar-refractivity contribution < 1.29 is 0 Å². The van der Waals surface area contributed by atoms with Gasteiger partial charge in [-0.15, -0.1) is 0 Å². The summed E-state index contributed by atoms with van der Waals surface area (Å²) in [5.74, 6) is 0.